The van der Waals surface area contributed by atoms with Crippen LogP contribution in [0.25, 0.3) is 0 Å². The molecule has 0 radical (unpaired) electrons. The summed E-state index contributed by atoms with van der Waals surface area (Å²) in [5.41, 5.74) is 0.665. The lowest BCUT2D eigenvalue weighted by Crippen LogP contribution is -2.50. The molecule has 2 unspecified atom stereocenters. The van der Waals surface area contributed by atoms with Crippen LogP contribution >= 0.6 is 0 Å². The first-order valence-corrected chi connectivity index (χ1v) is 4.91. The van der Waals surface area contributed by atoms with E-state index in [9.17, 15) is 8.78 Å². The molecule has 1 aliphatic carbocycles. The summed E-state index contributed by atoms with van der Waals surface area (Å²) in [6.45, 7) is 2.47. The van der Waals surface area contributed by atoms with Crippen molar-refractivity contribution in [2.24, 2.45) is 0 Å². The van der Waals surface area contributed by atoms with E-state index in [1.165, 1.54) is 6.08 Å². The Balaban J connectivity index is 2.08. The maximum Gasteiger partial charge on any atom is 0.129 e. The number of halogens is 2. The molecular formula is C10H14F2N2. The van der Waals surface area contributed by atoms with E-state index in [-0.39, 0.29) is 18.3 Å². The van der Waals surface area contributed by atoms with Gasteiger partial charge >= 0.3 is 0 Å². The molecule has 1 fully saturated rings. The highest BCUT2D eigenvalue weighted by Gasteiger charge is 2.26. The number of rotatable bonds is 1. The Kier molecular flexibility index (Phi) is 2.93. The van der Waals surface area contributed by atoms with Gasteiger partial charge in [0.1, 0.15) is 12.0 Å². The fraction of sp³-hybridized carbons (Fsp3) is 0.600. The van der Waals surface area contributed by atoms with Crippen molar-refractivity contribution in [2.45, 2.75) is 18.6 Å². The Hall–Kier alpha value is -0.740. The van der Waals surface area contributed by atoms with Crippen molar-refractivity contribution in [1.82, 2.24) is 10.6 Å². The van der Waals surface area contributed by atoms with Gasteiger partial charge in [-0.25, -0.2) is 8.78 Å². The maximum absolute atomic E-state index is 13.5. The second kappa shape index (κ2) is 4.19. The van der Waals surface area contributed by atoms with Gasteiger partial charge in [0.25, 0.3) is 0 Å². The van der Waals surface area contributed by atoms with Crippen molar-refractivity contribution >= 4 is 0 Å². The predicted molar refractivity (Wildman–Crippen MR) is 51.4 cm³/mol. The Labute approximate surface area is 82.1 Å². The SMILES string of the molecule is FC1=CC=C(C2CNCCN2)C(F)C1. The average molecular weight is 200 g/mol. The maximum atomic E-state index is 13.5. The first-order chi connectivity index (χ1) is 6.77. The molecule has 1 heterocycles. The lowest BCUT2D eigenvalue weighted by Gasteiger charge is -2.29. The van der Waals surface area contributed by atoms with Crippen LogP contribution in [0.1, 0.15) is 6.42 Å². The van der Waals surface area contributed by atoms with Gasteiger partial charge in [0, 0.05) is 32.1 Å². The zero-order valence-electron chi connectivity index (χ0n) is 7.89. The van der Waals surface area contributed by atoms with Crippen molar-refractivity contribution in [1.29, 1.82) is 0 Å². The number of piperazine rings is 1. The summed E-state index contributed by atoms with van der Waals surface area (Å²) in [5.74, 6) is -0.370. The van der Waals surface area contributed by atoms with E-state index in [2.05, 4.69) is 10.6 Å². The van der Waals surface area contributed by atoms with Crippen molar-refractivity contribution in [3.8, 4) is 0 Å². The Morgan fingerprint density at radius 1 is 1.29 bits per heavy atom. The van der Waals surface area contributed by atoms with Crippen LogP contribution in [-0.4, -0.2) is 31.8 Å². The van der Waals surface area contributed by atoms with Crippen molar-refractivity contribution in [2.75, 3.05) is 19.6 Å². The third-order valence-corrected chi connectivity index (χ3v) is 2.64. The van der Waals surface area contributed by atoms with Crippen molar-refractivity contribution in [3.05, 3.63) is 23.6 Å². The largest absolute Gasteiger partial charge is 0.314 e. The Morgan fingerprint density at radius 2 is 2.14 bits per heavy atom. The summed E-state index contributed by atoms with van der Waals surface area (Å²) in [7, 11) is 0. The van der Waals surface area contributed by atoms with Gasteiger partial charge in [0.15, 0.2) is 0 Å². The summed E-state index contributed by atoms with van der Waals surface area (Å²) in [6, 6.07) is 0.0168. The molecule has 2 aliphatic rings. The molecule has 0 spiro atoms. The molecule has 0 bridgehead atoms. The van der Waals surface area contributed by atoms with Gasteiger partial charge < -0.3 is 10.6 Å². The minimum absolute atomic E-state index is 0.0168. The van der Waals surface area contributed by atoms with Gasteiger partial charge in [-0.15, -0.1) is 0 Å². The molecule has 2 nitrogen and oxygen atoms in total. The van der Waals surface area contributed by atoms with E-state index in [4.69, 9.17) is 0 Å². The average Bonchev–Trinajstić information content (AvgIpc) is 2.19. The molecule has 0 aromatic rings. The van der Waals surface area contributed by atoms with E-state index < -0.39 is 6.17 Å². The predicted octanol–water partition coefficient (Wildman–Crippen LogP) is 1.07. The Morgan fingerprint density at radius 3 is 2.79 bits per heavy atom. The van der Waals surface area contributed by atoms with E-state index in [1.807, 2.05) is 0 Å². The highest BCUT2D eigenvalue weighted by atomic mass is 19.1. The van der Waals surface area contributed by atoms with Crippen molar-refractivity contribution < 1.29 is 8.78 Å². The lowest BCUT2D eigenvalue weighted by atomic mass is 9.94. The second-order valence-corrected chi connectivity index (χ2v) is 3.66. The molecule has 0 aromatic carbocycles. The zero-order valence-corrected chi connectivity index (χ0v) is 7.89. The number of allylic oxidation sites excluding steroid dienone is 3. The second-order valence-electron chi connectivity index (χ2n) is 3.66. The van der Waals surface area contributed by atoms with Gasteiger partial charge in [-0.2, -0.15) is 0 Å². The van der Waals surface area contributed by atoms with E-state index in [0.717, 1.165) is 19.6 Å². The van der Waals surface area contributed by atoms with Gasteiger partial charge in [0.2, 0.25) is 0 Å². The number of hydrogen-bond acceptors (Lipinski definition) is 2. The van der Waals surface area contributed by atoms with Crippen LogP contribution < -0.4 is 10.6 Å². The van der Waals surface area contributed by atoms with Crippen LogP contribution in [0.5, 0.6) is 0 Å². The molecule has 4 heteroatoms. The highest BCUT2D eigenvalue weighted by Crippen LogP contribution is 2.25. The van der Waals surface area contributed by atoms with Crippen LogP contribution in [0.3, 0.4) is 0 Å². The third-order valence-electron chi connectivity index (χ3n) is 2.64. The quantitative estimate of drug-likeness (QED) is 0.661. The van der Waals surface area contributed by atoms with Crippen LogP contribution in [0.2, 0.25) is 0 Å². The summed E-state index contributed by atoms with van der Waals surface area (Å²) in [6.07, 6.45) is 1.65. The van der Waals surface area contributed by atoms with E-state index >= 15 is 0 Å². The number of nitrogens with one attached hydrogen (secondary N) is 2. The molecule has 2 N–H and O–H groups in total. The summed E-state index contributed by atoms with van der Waals surface area (Å²) < 4.78 is 26.2. The zero-order chi connectivity index (χ0) is 9.97. The van der Waals surface area contributed by atoms with Gasteiger partial charge in [-0.3, -0.25) is 0 Å². The molecule has 0 saturated carbocycles. The van der Waals surface area contributed by atoms with Gasteiger partial charge in [-0.05, 0) is 11.6 Å². The molecule has 0 amide bonds. The van der Waals surface area contributed by atoms with E-state index in [1.54, 1.807) is 6.08 Å². The molecular weight excluding hydrogens is 186 g/mol. The number of hydrogen-bond donors (Lipinski definition) is 2. The minimum Gasteiger partial charge on any atom is -0.314 e. The summed E-state index contributed by atoms with van der Waals surface area (Å²) in [5, 5.41) is 6.39. The lowest BCUT2D eigenvalue weighted by molar-refractivity contribution is 0.318. The van der Waals surface area contributed by atoms with Crippen LogP contribution in [0, 0.1) is 0 Å². The molecule has 1 saturated heterocycles. The smallest absolute Gasteiger partial charge is 0.129 e. The van der Waals surface area contributed by atoms with Gasteiger partial charge in [-0.1, -0.05) is 6.08 Å². The van der Waals surface area contributed by atoms with E-state index in [0.29, 0.717) is 5.57 Å². The summed E-state index contributed by atoms with van der Waals surface area (Å²) >= 11 is 0. The van der Waals surface area contributed by atoms with Crippen molar-refractivity contribution in [3.63, 3.8) is 0 Å². The molecule has 78 valence electrons. The van der Waals surface area contributed by atoms with Crippen LogP contribution in [-0.2, 0) is 0 Å². The molecule has 14 heavy (non-hydrogen) atoms. The van der Waals surface area contributed by atoms with Crippen LogP contribution in [0.15, 0.2) is 23.6 Å². The Bertz CT molecular complexity index is 267. The number of alkyl halides is 1. The third kappa shape index (κ3) is 2.01. The molecule has 0 aromatic heterocycles. The molecule has 1 aliphatic heterocycles. The molecule has 2 atom stereocenters. The highest BCUT2D eigenvalue weighted by molar-refractivity contribution is 5.29. The monoisotopic (exact) mass is 200 g/mol. The molecule has 2 rings (SSSR count). The fourth-order valence-corrected chi connectivity index (χ4v) is 1.87. The standard InChI is InChI=1S/C10H14F2N2/c11-7-1-2-8(9(12)5-7)10-6-13-3-4-14-10/h1-2,9-10,13-14H,3-6H2. The normalized spacial score (nSPS) is 33.6. The van der Waals surface area contributed by atoms with Gasteiger partial charge in [0.05, 0.1) is 0 Å². The topological polar surface area (TPSA) is 24.1 Å². The fourth-order valence-electron chi connectivity index (χ4n) is 1.87. The minimum atomic E-state index is -1.17. The first-order valence-electron chi connectivity index (χ1n) is 4.91. The summed E-state index contributed by atoms with van der Waals surface area (Å²) in [4.78, 5) is 0. The van der Waals surface area contributed by atoms with Crippen LogP contribution in [0.4, 0.5) is 8.78 Å². The first kappa shape index (κ1) is 9.80.